The first-order valence-electron chi connectivity index (χ1n) is 10.2. The summed E-state index contributed by atoms with van der Waals surface area (Å²) < 4.78 is 5.90. The Bertz CT molecular complexity index is 833. The van der Waals surface area contributed by atoms with Gasteiger partial charge in [0, 0.05) is 32.7 Å². The smallest absolute Gasteiger partial charge is 0.273 e. The number of aromatic nitrogens is 2. The van der Waals surface area contributed by atoms with Crippen LogP contribution in [0.3, 0.4) is 0 Å². The topological polar surface area (TPSA) is 58.6 Å². The van der Waals surface area contributed by atoms with Crippen LogP contribution in [-0.2, 0) is 12.8 Å². The summed E-state index contributed by atoms with van der Waals surface area (Å²) in [7, 11) is 1.75. The van der Waals surface area contributed by atoms with Crippen molar-refractivity contribution in [2.75, 3.05) is 26.7 Å². The van der Waals surface area contributed by atoms with Crippen LogP contribution in [0.25, 0.3) is 0 Å². The molecule has 0 bridgehead atoms. The van der Waals surface area contributed by atoms with Gasteiger partial charge in [-0.3, -0.25) is 9.69 Å². The van der Waals surface area contributed by atoms with E-state index in [1.54, 1.807) is 11.9 Å². The summed E-state index contributed by atoms with van der Waals surface area (Å²) in [4.78, 5) is 24.8. The largest absolute Gasteiger partial charge is 0.437 e. The van der Waals surface area contributed by atoms with Crippen LogP contribution in [0.4, 0.5) is 0 Å². The van der Waals surface area contributed by atoms with E-state index in [1.165, 1.54) is 42.8 Å². The molecule has 0 saturated heterocycles. The number of nitrogens with zero attached hydrogens (tertiary/aromatic N) is 4. The predicted molar refractivity (Wildman–Crippen MR) is 108 cm³/mol. The summed E-state index contributed by atoms with van der Waals surface area (Å²) in [6.45, 7) is 4.84. The van der Waals surface area contributed by atoms with E-state index in [0.29, 0.717) is 18.1 Å². The summed E-state index contributed by atoms with van der Waals surface area (Å²) >= 11 is 0. The second kappa shape index (κ2) is 8.27. The summed E-state index contributed by atoms with van der Waals surface area (Å²) in [6.07, 6.45) is 9.25. The Morgan fingerprint density at radius 1 is 1.18 bits per heavy atom. The highest BCUT2D eigenvalue weighted by molar-refractivity contribution is 5.91. The standard InChI is InChI=1S/C22H28N4O2/c1-3-25(2)22(27)20-14-24-21(15-23-20)28-19-8-7-16-9-11-26(18-5-4-6-18)12-10-17(16)13-19/h7-8,13-15,18H,3-6,9-12H2,1-2H3. The van der Waals surface area contributed by atoms with E-state index >= 15 is 0 Å². The average Bonchev–Trinajstić information content (AvgIpc) is 2.88. The minimum atomic E-state index is -0.136. The maximum atomic E-state index is 12.1. The molecule has 6 nitrogen and oxygen atoms in total. The maximum absolute atomic E-state index is 12.1. The van der Waals surface area contributed by atoms with Crippen LogP contribution in [0.1, 0.15) is 47.8 Å². The molecular formula is C22H28N4O2. The van der Waals surface area contributed by atoms with Gasteiger partial charge in [0.25, 0.3) is 5.91 Å². The van der Waals surface area contributed by atoms with Crippen LogP contribution >= 0.6 is 0 Å². The van der Waals surface area contributed by atoms with Crippen LogP contribution in [0, 0.1) is 0 Å². The molecule has 0 radical (unpaired) electrons. The Kier molecular flexibility index (Phi) is 5.57. The Labute approximate surface area is 166 Å². The molecule has 1 fully saturated rings. The van der Waals surface area contributed by atoms with Crippen molar-refractivity contribution in [1.29, 1.82) is 0 Å². The number of fused-ring (bicyclic) bond motifs is 1. The Hall–Kier alpha value is -2.47. The SMILES string of the molecule is CCN(C)C(=O)c1cnc(Oc2ccc3c(c2)CCN(C2CCC2)CC3)cn1. The fourth-order valence-corrected chi connectivity index (χ4v) is 3.84. The van der Waals surface area contributed by atoms with Crippen LogP contribution in [-0.4, -0.2) is 58.4 Å². The van der Waals surface area contributed by atoms with E-state index in [-0.39, 0.29) is 5.91 Å². The molecular weight excluding hydrogens is 352 g/mol. The first-order chi connectivity index (χ1) is 13.6. The Morgan fingerprint density at radius 2 is 1.96 bits per heavy atom. The fourth-order valence-electron chi connectivity index (χ4n) is 3.84. The van der Waals surface area contributed by atoms with Crippen LogP contribution in [0.15, 0.2) is 30.6 Å². The highest BCUT2D eigenvalue weighted by atomic mass is 16.5. The van der Waals surface area contributed by atoms with Crippen LogP contribution in [0.2, 0.25) is 0 Å². The summed E-state index contributed by atoms with van der Waals surface area (Å²) in [5.41, 5.74) is 3.11. The van der Waals surface area contributed by atoms with E-state index in [1.807, 2.05) is 13.0 Å². The number of ether oxygens (including phenoxy) is 1. The van der Waals surface area contributed by atoms with Gasteiger partial charge in [0.2, 0.25) is 5.88 Å². The molecule has 1 saturated carbocycles. The van der Waals surface area contributed by atoms with E-state index < -0.39 is 0 Å². The molecule has 2 heterocycles. The fraction of sp³-hybridized carbons (Fsp3) is 0.500. The number of hydrogen-bond donors (Lipinski definition) is 0. The number of amides is 1. The van der Waals surface area contributed by atoms with E-state index in [2.05, 4.69) is 27.0 Å². The molecule has 28 heavy (non-hydrogen) atoms. The first kappa shape index (κ1) is 18.9. The van der Waals surface area contributed by atoms with Gasteiger partial charge in [0.15, 0.2) is 0 Å². The third-order valence-corrected chi connectivity index (χ3v) is 6.00. The van der Waals surface area contributed by atoms with Gasteiger partial charge in [-0.2, -0.15) is 0 Å². The molecule has 0 atom stereocenters. The molecule has 2 aliphatic rings. The zero-order chi connectivity index (χ0) is 19.5. The van der Waals surface area contributed by atoms with Crippen LogP contribution < -0.4 is 4.74 Å². The molecule has 1 amide bonds. The monoisotopic (exact) mass is 380 g/mol. The van der Waals surface area contributed by atoms with Crippen molar-refractivity contribution in [3.8, 4) is 11.6 Å². The zero-order valence-electron chi connectivity index (χ0n) is 16.7. The minimum absolute atomic E-state index is 0.136. The lowest BCUT2D eigenvalue weighted by Gasteiger charge is -2.36. The van der Waals surface area contributed by atoms with E-state index in [9.17, 15) is 4.79 Å². The van der Waals surface area contributed by atoms with Gasteiger partial charge >= 0.3 is 0 Å². The van der Waals surface area contributed by atoms with Crippen molar-refractivity contribution in [2.24, 2.45) is 0 Å². The van der Waals surface area contributed by atoms with Gasteiger partial charge in [-0.25, -0.2) is 9.97 Å². The van der Waals surface area contributed by atoms with Gasteiger partial charge in [-0.15, -0.1) is 0 Å². The minimum Gasteiger partial charge on any atom is -0.437 e. The molecule has 0 unspecified atom stereocenters. The molecule has 2 aromatic rings. The molecule has 1 aromatic carbocycles. The van der Waals surface area contributed by atoms with Crippen molar-refractivity contribution >= 4 is 5.91 Å². The lowest BCUT2D eigenvalue weighted by atomic mass is 9.91. The number of carbonyl (C=O) groups excluding carboxylic acids is 1. The van der Waals surface area contributed by atoms with Gasteiger partial charge in [0.05, 0.1) is 12.4 Å². The van der Waals surface area contributed by atoms with E-state index in [0.717, 1.165) is 37.7 Å². The quantitative estimate of drug-likeness (QED) is 0.796. The Morgan fingerprint density at radius 3 is 2.61 bits per heavy atom. The van der Waals surface area contributed by atoms with Crippen molar-refractivity contribution in [3.63, 3.8) is 0 Å². The molecule has 1 aliphatic carbocycles. The van der Waals surface area contributed by atoms with Gasteiger partial charge in [0.1, 0.15) is 11.4 Å². The van der Waals surface area contributed by atoms with Crippen molar-refractivity contribution in [3.05, 3.63) is 47.4 Å². The molecule has 1 aliphatic heterocycles. The predicted octanol–water partition coefficient (Wildman–Crippen LogP) is 3.31. The number of carbonyl (C=O) groups is 1. The van der Waals surface area contributed by atoms with Crippen LogP contribution in [0.5, 0.6) is 11.6 Å². The molecule has 4 rings (SSSR count). The van der Waals surface area contributed by atoms with Crippen molar-refractivity contribution in [2.45, 2.75) is 45.1 Å². The molecule has 6 heteroatoms. The lowest BCUT2D eigenvalue weighted by Crippen LogP contribution is -2.41. The molecule has 148 valence electrons. The third-order valence-electron chi connectivity index (χ3n) is 6.00. The lowest BCUT2D eigenvalue weighted by molar-refractivity contribution is 0.0796. The summed E-state index contributed by atoms with van der Waals surface area (Å²) in [5, 5.41) is 0. The second-order valence-electron chi connectivity index (χ2n) is 7.71. The average molecular weight is 380 g/mol. The zero-order valence-corrected chi connectivity index (χ0v) is 16.7. The normalized spacial score (nSPS) is 17.4. The summed E-state index contributed by atoms with van der Waals surface area (Å²) in [5.74, 6) is 1.04. The van der Waals surface area contributed by atoms with Crippen molar-refractivity contribution in [1.82, 2.24) is 19.8 Å². The first-order valence-corrected chi connectivity index (χ1v) is 10.2. The van der Waals surface area contributed by atoms with Gasteiger partial charge in [-0.1, -0.05) is 12.5 Å². The highest BCUT2D eigenvalue weighted by Gasteiger charge is 2.26. The molecule has 0 N–H and O–H groups in total. The van der Waals surface area contributed by atoms with Crippen molar-refractivity contribution < 1.29 is 9.53 Å². The molecule has 1 aromatic heterocycles. The maximum Gasteiger partial charge on any atom is 0.273 e. The van der Waals surface area contributed by atoms with Gasteiger partial charge in [-0.05, 0) is 55.9 Å². The number of rotatable bonds is 5. The molecule has 0 spiro atoms. The van der Waals surface area contributed by atoms with E-state index in [4.69, 9.17) is 4.74 Å². The Balaban J connectivity index is 1.42. The second-order valence-corrected chi connectivity index (χ2v) is 7.71. The van der Waals surface area contributed by atoms with Gasteiger partial charge < -0.3 is 9.64 Å². The summed E-state index contributed by atoms with van der Waals surface area (Å²) in [6, 6.07) is 7.11. The number of hydrogen-bond acceptors (Lipinski definition) is 5. The third kappa shape index (κ3) is 4.02. The number of benzene rings is 1. The highest BCUT2D eigenvalue weighted by Crippen LogP contribution is 2.29.